The third-order valence-electron chi connectivity index (χ3n) is 6.69. The van der Waals surface area contributed by atoms with E-state index in [1.807, 2.05) is 36.4 Å². The summed E-state index contributed by atoms with van der Waals surface area (Å²) in [4.78, 5) is 26.4. The molecule has 1 atom stereocenters. The van der Waals surface area contributed by atoms with Crippen molar-refractivity contribution in [3.63, 3.8) is 0 Å². The minimum absolute atomic E-state index is 0.0588. The second-order valence-electron chi connectivity index (χ2n) is 8.78. The molecule has 0 bridgehead atoms. The Balaban J connectivity index is 1.63. The number of fused-ring (bicyclic) bond motifs is 1. The van der Waals surface area contributed by atoms with Crippen molar-refractivity contribution in [1.29, 1.82) is 0 Å². The van der Waals surface area contributed by atoms with Crippen LogP contribution in [0.15, 0.2) is 71.9 Å². The predicted octanol–water partition coefficient (Wildman–Crippen LogP) is 5.53. The van der Waals surface area contributed by atoms with Crippen LogP contribution in [0, 0.1) is 0 Å². The van der Waals surface area contributed by atoms with Crippen LogP contribution in [-0.2, 0) is 4.79 Å². The van der Waals surface area contributed by atoms with E-state index in [0.29, 0.717) is 40.4 Å². The fourth-order valence-corrected chi connectivity index (χ4v) is 4.90. The van der Waals surface area contributed by atoms with Crippen molar-refractivity contribution in [1.82, 2.24) is 0 Å². The molecule has 1 aliphatic carbocycles. The highest BCUT2D eigenvalue weighted by molar-refractivity contribution is 6.10. The number of hydrogen-bond acceptors (Lipinski definition) is 7. The number of methoxy groups -OCH3 is 3. The van der Waals surface area contributed by atoms with Gasteiger partial charge in [0.2, 0.25) is 0 Å². The summed E-state index contributed by atoms with van der Waals surface area (Å²) in [6, 6.07) is 17.9. The van der Waals surface area contributed by atoms with Crippen molar-refractivity contribution < 1.29 is 23.8 Å². The predicted molar refractivity (Wildman–Crippen MR) is 138 cm³/mol. The van der Waals surface area contributed by atoms with E-state index in [1.54, 1.807) is 45.6 Å². The summed E-state index contributed by atoms with van der Waals surface area (Å²) in [6.45, 7) is 0. The van der Waals surface area contributed by atoms with Crippen LogP contribution < -0.4 is 24.8 Å². The van der Waals surface area contributed by atoms with E-state index in [-0.39, 0.29) is 11.6 Å². The van der Waals surface area contributed by atoms with Crippen molar-refractivity contribution in [2.75, 3.05) is 32.0 Å². The molecule has 3 aromatic carbocycles. The molecule has 0 amide bonds. The average molecular weight is 485 g/mol. The number of nitrogens with one attached hydrogen (secondary N) is 2. The zero-order valence-electron chi connectivity index (χ0n) is 20.5. The minimum Gasteiger partial charge on any atom is -0.496 e. The van der Waals surface area contributed by atoms with E-state index in [1.165, 1.54) is 0 Å². The first-order valence-corrected chi connectivity index (χ1v) is 11.9. The number of carbonyl (C=O) groups is 2. The molecule has 184 valence electrons. The van der Waals surface area contributed by atoms with Crippen LogP contribution >= 0.6 is 0 Å². The van der Waals surface area contributed by atoms with Crippen LogP contribution in [0.5, 0.6) is 17.2 Å². The first-order valence-electron chi connectivity index (χ1n) is 11.9. The summed E-state index contributed by atoms with van der Waals surface area (Å²) in [5.74, 6) is 1.68. The molecule has 0 saturated heterocycles. The Morgan fingerprint density at radius 2 is 1.53 bits per heavy atom. The Hall–Kier alpha value is -4.26. The SMILES string of the molecule is COc1cc(OC)c(C2Nc3ccc(C(=O)c4ccccc4)cc3NC3=C2C(=O)CCC3)cc1OC. The molecule has 0 aromatic heterocycles. The van der Waals surface area contributed by atoms with Gasteiger partial charge in [0.25, 0.3) is 0 Å². The van der Waals surface area contributed by atoms with Crippen molar-refractivity contribution in [2.45, 2.75) is 25.3 Å². The highest BCUT2D eigenvalue weighted by Gasteiger charge is 2.34. The average Bonchev–Trinajstić information content (AvgIpc) is 3.09. The molecule has 0 spiro atoms. The Kier molecular flexibility index (Phi) is 6.38. The number of ether oxygens (including phenoxy) is 3. The van der Waals surface area contributed by atoms with Crippen LogP contribution in [0.25, 0.3) is 0 Å². The lowest BCUT2D eigenvalue weighted by atomic mass is 9.86. The molecule has 0 fully saturated rings. The number of rotatable bonds is 6. The highest BCUT2D eigenvalue weighted by atomic mass is 16.5. The van der Waals surface area contributed by atoms with Crippen molar-refractivity contribution in [2.24, 2.45) is 0 Å². The maximum atomic E-state index is 13.3. The second-order valence-corrected chi connectivity index (χ2v) is 8.78. The first kappa shape index (κ1) is 23.5. The number of hydrogen-bond donors (Lipinski definition) is 2. The van der Waals surface area contributed by atoms with Gasteiger partial charge in [0.15, 0.2) is 23.1 Å². The van der Waals surface area contributed by atoms with E-state index in [9.17, 15) is 9.59 Å². The minimum atomic E-state index is -0.480. The molecular weight excluding hydrogens is 456 g/mol. The van der Waals surface area contributed by atoms with Crippen molar-refractivity contribution in [3.8, 4) is 17.2 Å². The number of ketones is 2. The van der Waals surface area contributed by atoms with E-state index >= 15 is 0 Å². The third-order valence-corrected chi connectivity index (χ3v) is 6.69. The molecular formula is C29H28N2O5. The molecule has 5 rings (SSSR count). The quantitative estimate of drug-likeness (QED) is 0.445. The topological polar surface area (TPSA) is 85.9 Å². The van der Waals surface area contributed by atoms with Crippen LogP contribution in [0.3, 0.4) is 0 Å². The maximum absolute atomic E-state index is 13.3. The number of anilines is 2. The molecule has 36 heavy (non-hydrogen) atoms. The maximum Gasteiger partial charge on any atom is 0.193 e. The number of Topliss-reactive ketones (excluding diaryl/α,β-unsaturated/α-hetero) is 1. The van der Waals surface area contributed by atoms with Gasteiger partial charge in [-0.2, -0.15) is 0 Å². The zero-order chi connectivity index (χ0) is 25.2. The summed E-state index contributed by atoms with van der Waals surface area (Å²) >= 11 is 0. The van der Waals surface area contributed by atoms with Gasteiger partial charge in [-0.05, 0) is 37.1 Å². The van der Waals surface area contributed by atoms with E-state index in [4.69, 9.17) is 14.2 Å². The molecule has 2 aliphatic rings. The number of carbonyl (C=O) groups excluding carboxylic acids is 2. The first-order chi connectivity index (χ1) is 17.5. The molecule has 2 N–H and O–H groups in total. The number of benzene rings is 3. The summed E-state index contributed by atoms with van der Waals surface area (Å²) in [6.07, 6.45) is 1.96. The largest absolute Gasteiger partial charge is 0.496 e. The molecule has 1 unspecified atom stereocenters. The van der Waals surface area contributed by atoms with E-state index in [2.05, 4.69) is 10.6 Å². The Morgan fingerprint density at radius 3 is 2.25 bits per heavy atom. The van der Waals surface area contributed by atoms with Crippen LogP contribution in [0.1, 0.15) is 46.8 Å². The van der Waals surface area contributed by atoms with E-state index < -0.39 is 6.04 Å². The highest BCUT2D eigenvalue weighted by Crippen LogP contribution is 2.46. The van der Waals surface area contributed by atoms with Gasteiger partial charge >= 0.3 is 0 Å². The molecule has 0 saturated carbocycles. The lowest BCUT2D eigenvalue weighted by Crippen LogP contribution is -2.24. The van der Waals surface area contributed by atoms with Gasteiger partial charge in [-0.25, -0.2) is 0 Å². The van der Waals surface area contributed by atoms with Gasteiger partial charge in [-0.1, -0.05) is 30.3 Å². The van der Waals surface area contributed by atoms with Gasteiger partial charge in [0.1, 0.15) is 5.75 Å². The third kappa shape index (κ3) is 4.17. The smallest absolute Gasteiger partial charge is 0.193 e. The second kappa shape index (κ2) is 9.77. The Bertz CT molecular complexity index is 1360. The summed E-state index contributed by atoms with van der Waals surface area (Å²) in [5, 5.41) is 7.02. The number of allylic oxidation sites excluding steroid dienone is 1. The molecule has 1 aliphatic heterocycles. The van der Waals surface area contributed by atoms with Gasteiger partial charge in [-0.15, -0.1) is 0 Å². The zero-order valence-corrected chi connectivity index (χ0v) is 20.5. The standard InChI is InChI=1S/C29H28N2O5/c1-34-24-16-26(36-3)25(35-2)15-19(24)28-27-21(10-7-11-23(27)32)30-22-14-18(12-13-20(22)31-28)29(33)17-8-5-4-6-9-17/h4-6,8-9,12-16,28,30-31H,7,10-11H2,1-3H3. The van der Waals surface area contributed by atoms with Crippen LogP contribution in [-0.4, -0.2) is 32.9 Å². The summed E-state index contributed by atoms with van der Waals surface area (Å²) in [7, 11) is 4.74. The normalized spacial score (nSPS) is 16.6. The van der Waals surface area contributed by atoms with Gasteiger partial charge in [0, 0.05) is 40.4 Å². The van der Waals surface area contributed by atoms with E-state index in [0.717, 1.165) is 35.5 Å². The van der Waals surface area contributed by atoms with Gasteiger partial charge in [0.05, 0.1) is 38.7 Å². The lowest BCUT2D eigenvalue weighted by molar-refractivity contribution is -0.116. The molecule has 7 nitrogen and oxygen atoms in total. The summed E-state index contributed by atoms with van der Waals surface area (Å²) < 4.78 is 16.7. The molecule has 7 heteroatoms. The van der Waals surface area contributed by atoms with Crippen molar-refractivity contribution >= 4 is 22.9 Å². The molecule has 0 radical (unpaired) electrons. The monoisotopic (exact) mass is 484 g/mol. The fourth-order valence-electron chi connectivity index (χ4n) is 4.90. The van der Waals surface area contributed by atoms with Gasteiger partial charge < -0.3 is 24.8 Å². The van der Waals surface area contributed by atoms with Crippen molar-refractivity contribution in [3.05, 3.63) is 88.6 Å². The van der Waals surface area contributed by atoms with Crippen LogP contribution in [0.2, 0.25) is 0 Å². The van der Waals surface area contributed by atoms with Gasteiger partial charge in [-0.3, -0.25) is 9.59 Å². The lowest BCUT2D eigenvalue weighted by Gasteiger charge is -2.27. The molecule has 3 aromatic rings. The summed E-state index contributed by atoms with van der Waals surface area (Å²) in [5.41, 5.74) is 5.00. The molecule has 1 heterocycles. The Labute approximate surface area is 210 Å². The van der Waals surface area contributed by atoms with Crippen LogP contribution in [0.4, 0.5) is 11.4 Å². The fraction of sp³-hybridized carbons (Fsp3) is 0.241. The Morgan fingerprint density at radius 1 is 0.806 bits per heavy atom.